The molecule has 0 fully saturated rings. The van der Waals surface area contributed by atoms with Crippen LogP contribution in [-0.4, -0.2) is 12.1 Å². The molecule has 0 spiro atoms. The molecule has 2 aromatic rings. The van der Waals surface area contributed by atoms with E-state index >= 15 is 0 Å². The third-order valence-electron chi connectivity index (χ3n) is 2.03. The normalized spacial score (nSPS) is 10.3. The zero-order valence-corrected chi connectivity index (χ0v) is 12.1. The third-order valence-corrected chi connectivity index (χ3v) is 3.75. The van der Waals surface area contributed by atoms with Gasteiger partial charge < -0.3 is 9.47 Å². The van der Waals surface area contributed by atoms with Crippen molar-refractivity contribution < 1.29 is 9.47 Å². The maximum atomic E-state index is 5.75. The lowest BCUT2D eigenvalue weighted by Gasteiger charge is -2.11. The monoisotopic (exact) mass is 333 g/mol. The van der Waals surface area contributed by atoms with E-state index in [1.807, 2.05) is 18.2 Å². The molecule has 0 bridgehead atoms. The van der Waals surface area contributed by atoms with E-state index in [1.165, 1.54) is 11.3 Å². The summed E-state index contributed by atoms with van der Waals surface area (Å²) in [5, 5.41) is 0. The first-order chi connectivity index (χ1) is 8.20. The van der Waals surface area contributed by atoms with Crippen LogP contribution in [0.25, 0.3) is 0 Å². The summed E-state index contributed by atoms with van der Waals surface area (Å²) in [5.74, 6) is 1.37. The minimum atomic E-state index is 0.420. The Kier molecular flexibility index (Phi) is 4.25. The number of para-hydroxylation sites is 1. The summed E-state index contributed by atoms with van der Waals surface area (Å²) in [6, 6.07) is 5.64. The molecule has 3 nitrogen and oxygen atoms in total. The van der Waals surface area contributed by atoms with Gasteiger partial charge in [0, 0.05) is 6.20 Å². The van der Waals surface area contributed by atoms with Crippen LogP contribution in [0, 0.1) is 0 Å². The lowest BCUT2D eigenvalue weighted by atomic mass is 10.3. The van der Waals surface area contributed by atoms with E-state index in [4.69, 9.17) is 21.1 Å². The molecule has 17 heavy (non-hydrogen) atoms. The van der Waals surface area contributed by atoms with Crippen molar-refractivity contribution in [2.75, 3.05) is 7.11 Å². The molecule has 0 aliphatic rings. The standard InChI is InChI=1S/C11H9BrClNO2S/c1-15-9-4-2-3-8(12)10(9)16-6-7-5-14-11(13)17-7/h2-5H,6H2,1H3. The number of rotatable bonds is 4. The molecule has 0 radical (unpaired) electrons. The van der Waals surface area contributed by atoms with E-state index in [9.17, 15) is 0 Å². The molecular formula is C11H9BrClNO2S. The van der Waals surface area contributed by atoms with Crippen LogP contribution in [0.1, 0.15) is 4.88 Å². The van der Waals surface area contributed by atoms with Gasteiger partial charge >= 0.3 is 0 Å². The van der Waals surface area contributed by atoms with Gasteiger partial charge in [-0.15, -0.1) is 11.3 Å². The van der Waals surface area contributed by atoms with Crippen molar-refractivity contribution in [2.45, 2.75) is 6.61 Å². The number of aromatic nitrogens is 1. The second-order valence-electron chi connectivity index (χ2n) is 3.14. The Morgan fingerprint density at radius 3 is 2.94 bits per heavy atom. The van der Waals surface area contributed by atoms with Crippen molar-refractivity contribution in [3.05, 3.63) is 38.2 Å². The number of hydrogen-bond donors (Lipinski definition) is 0. The van der Waals surface area contributed by atoms with Gasteiger partial charge in [0.25, 0.3) is 0 Å². The first kappa shape index (κ1) is 12.7. The highest BCUT2D eigenvalue weighted by Crippen LogP contribution is 2.35. The van der Waals surface area contributed by atoms with Gasteiger partial charge in [-0.3, -0.25) is 0 Å². The van der Waals surface area contributed by atoms with E-state index in [0.717, 1.165) is 9.35 Å². The number of hydrogen-bond acceptors (Lipinski definition) is 4. The van der Waals surface area contributed by atoms with E-state index in [-0.39, 0.29) is 0 Å². The van der Waals surface area contributed by atoms with Crippen molar-refractivity contribution in [3.63, 3.8) is 0 Å². The molecule has 2 rings (SSSR count). The summed E-state index contributed by atoms with van der Waals surface area (Å²) in [4.78, 5) is 4.92. The molecule has 0 N–H and O–H groups in total. The van der Waals surface area contributed by atoms with Gasteiger partial charge in [0.05, 0.1) is 16.5 Å². The molecule has 0 aliphatic heterocycles. The zero-order chi connectivity index (χ0) is 12.3. The second kappa shape index (κ2) is 5.71. The first-order valence-electron chi connectivity index (χ1n) is 4.76. The number of thiazole rings is 1. The fourth-order valence-corrected chi connectivity index (χ4v) is 2.64. The Labute approximate surface area is 116 Å². The number of nitrogens with zero attached hydrogens (tertiary/aromatic N) is 1. The van der Waals surface area contributed by atoms with Crippen molar-refractivity contribution >= 4 is 38.9 Å². The minimum absolute atomic E-state index is 0.420. The van der Waals surface area contributed by atoms with Crippen molar-refractivity contribution in [1.29, 1.82) is 0 Å². The highest BCUT2D eigenvalue weighted by molar-refractivity contribution is 9.10. The predicted molar refractivity (Wildman–Crippen MR) is 72.2 cm³/mol. The average molecular weight is 335 g/mol. The van der Waals surface area contributed by atoms with Crippen LogP contribution in [0.2, 0.25) is 4.47 Å². The number of ether oxygens (including phenoxy) is 2. The zero-order valence-electron chi connectivity index (χ0n) is 8.94. The summed E-state index contributed by atoms with van der Waals surface area (Å²) in [5.41, 5.74) is 0. The largest absolute Gasteiger partial charge is 0.493 e. The van der Waals surface area contributed by atoms with Gasteiger partial charge in [0.2, 0.25) is 0 Å². The van der Waals surface area contributed by atoms with E-state index in [2.05, 4.69) is 20.9 Å². The maximum absolute atomic E-state index is 5.75. The van der Waals surface area contributed by atoms with Gasteiger partial charge in [0.15, 0.2) is 16.0 Å². The van der Waals surface area contributed by atoms with Crippen LogP contribution in [0.15, 0.2) is 28.9 Å². The topological polar surface area (TPSA) is 31.4 Å². The lowest BCUT2D eigenvalue weighted by Crippen LogP contribution is -1.96. The Hall–Kier alpha value is -0.780. The lowest BCUT2D eigenvalue weighted by molar-refractivity contribution is 0.285. The van der Waals surface area contributed by atoms with E-state index in [0.29, 0.717) is 22.6 Å². The smallest absolute Gasteiger partial charge is 0.183 e. The average Bonchev–Trinajstić information content (AvgIpc) is 2.73. The van der Waals surface area contributed by atoms with Crippen molar-refractivity contribution in [2.24, 2.45) is 0 Å². The van der Waals surface area contributed by atoms with Gasteiger partial charge in [-0.05, 0) is 28.1 Å². The minimum Gasteiger partial charge on any atom is -0.493 e. The molecule has 1 aromatic heterocycles. The summed E-state index contributed by atoms with van der Waals surface area (Å²) in [6.07, 6.45) is 1.70. The first-order valence-corrected chi connectivity index (χ1v) is 6.75. The highest BCUT2D eigenvalue weighted by atomic mass is 79.9. The van der Waals surface area contributed by atoms with E-state index in [1.54, 1.807) is 13.3 Å². The number of halogens is 2. The van der Waals surface area contributed by atoms with Crippen molar-refractivity contribution in [1.82, 2.24) is 4.98 Å². The third kappa shape index (κ3) is 3.12. The molecule has 0 unspecified atom stereocenters. The Morgan fingerprint density at radius 1 is 1.47 bits per heavy atom. The Morgan fingerprint density at radius 2 is 2.29 bits per heavy atom. The van der Waals surface area contributed by atoms with Gasteiger partial charge in [-0.2, -0.15) is 0 Å². The summed E-state index contributed by atoms with van der Waals surface area (Å²) in [6.45, 7) is 0.420. The van der Waals surface area contributed by atoms with E-state index < -0.39 is 0 Å². The fraction of sp³-hybridized carbons (Fsp3) is 0.182. The van der Waals surface area contributed by atoms with Gasteiger partial charge in [-0.25, -0.2) is 4.98 Å². The summed E-state index contributed by atoms with van der Waals surface area (Å²) < 4.78 is 12.3. The predicted octanol–water partition coefficient (Wildman–Crippen LogP) is 4.15. The molecule has 0 aliphatic carbocycles. The molecule has 1 aromatic carbocycles. The summed E-state index contributed by atoms with van der Waals surface area (Å²) in [7, 11) is 1.61. The van der Waals surface area contributed by atoms with Gasteiger partial charge in [-0.1, -0.05) is 17.7 Å². The highest BCUT2D eigenvalue weighted by Gasteiger charge is 2.09. The SMILES string of the molecule is COc1cccc(Br)c1OCc1cnc(Cl)s1. The molecule has 90 valence electrons. The maximum Gasteiger partial charge on any atom is 0.183 e. The molecule has 0 saturated heterocycles. The quantitative estimate of drug-likeness (QED) is 0.842. The Bertz CT molecular complexity index is 518. The second-order valence-corrected chi connectivity index (χ2v) is 5.69. The molecule has 6 heteroatoms. The molecule has 0 saturated carbocycles. The van der Waals surface area contributed by atoms with Crippen LogP contribution in [-0.2, 0) is 6.61 Å². The number of methoxy groups -OCH3 is 1. The molecule has 1 heterocycles. The van der Waals surface area contributed by atoms with Crippen molar-refractivity contribution in [3.8, 4) is 11.5 Å². The molecule has 0 atom stereocenters. The van der Waals surface area contributed by atoms with Crippen LogP contribution >= 0.6 is 38.9 Å². The van der Waals surface area contributed by atoms with Crippen LogP contribution < -0.4 is 9.47 Å². The molecular weight excluding hydrogens is 326 g/mol. The van der Waals surface area contributed by atoms with Crippen LogP contribution in [0.4, 0.5) is 0 Å². The molecule has 0 amide bonds. The fourth-order valence-electron chi connectivity index (χ4n) is 1.28. The van der Waals surface area contributed by atoms with Crippen LogP contribution in [0.5, 0.6) is 11.5 Å². The van der Waals surface area contributed by atoms with Crippen LogP contribution in [0.3, 0.4) is 0 Å². The van der Waals surface area contributed by atoms with Gasteiger partial charge in [0.1, 0.15) is 6.61 Å². The number of benzene rings is 1. The summed E-state index contributed by atoms with van der Waals surface area (Å²) >= 11 is 10.6. The Balaban J connectivity index is 2.13.